The predicted molar refractivity (Wildman–Crippen MR) is 62.3 cm³/mol. The Balaban J connectivity index is 2.55. The summed E-state index contributed by atoms with van der Waals surface area (Å²) in [6.07, 6.45) is 0. The van der Waals surface area contributed by atoms with Crippen LogP contribution in [0.2, 0.25) is 5.02 Å². The van der Waals surface area contributed by atoms with E-state index in [4.69, 9.17) is 21.4 Å². The first-order chi connectivity index (χ1) is 8.45. The van der Waals surface area contributed by atoms with E-state index >= 15 is 0 Å². The van der Waals surface area contributed by atoms with Crippen LogP contribution in [0, 0.1) is 0 Å². The highest BCUT2D eigenvalue weighted by Gasteiger charge is 2.37. The van der Waals surface area contributed by atoms with E-state index in [1.54, 1.807) is 0 Å². The topological polar surface area (TPSA) is 83.9 Å². The smallest absolute Gasteiger partial charge is 0.323 e. The molecular weight excluding hydrogens is 262 g/mol. The predicted octanol–water partition coefficient (Wildman–Crippen LogP) is 0.963. The summed E-state index contributed by atoms with van der Waals surface area (Å²) in [5, 5.41) is 8.91. The van der Waals surface area contributed by atoms with Crippen molar-refractivity contribution in [2.75, 3.05) is 18.6 Å². The summed E-state index contributed by atoms with van der Waals surface area (Å²) >= 11 is 5.88. The fourth-order valence-corrected chi connectivity index (χ4v) is 1.98. The van der Waals surface area contributed by atoms with Crippen LogP contribution in [0.5, 0.6) is 5.75 Å². The van der Waals surface area contributed by atoms with Crippen molar-refractivity contribution in [3.05, 3.63) is 22.7 Å². The number of methoxy groups -OCH3 is 1. The van der Waals surface area contributed by atoms with Gasteiger partial charge in [0.05, 0.1) is 23.4 Å². The third kappa shape index (κ3) is 1.80. The Morgan fingerprint density at radius 1 is 1.44 bits per heavy atom. The quantitative estimate of drug-likeness (QED) is 0.827. The molecule has 0 aromatic heterocycles. The Morgan fingerprint density at radius 3 is 2.67 bits per heavy atom. The molecule has 0 atom stereocenters. The Hall–Kier alpha value is -2.08. The number of hydrogen-bond acceptors (Lipinski definition) is 4. The number of nitrogens with zero attached hydrogens (tertiary/aromatic N) is 1. The van der Waals surface area contributed by atoms with Crippen LogP contribution in [0.25, 0.3) is 0 Å². The summed E-state index contributed by atoms with van der Waals surface area (Å²) in [7, 11) is 1.38. The molecule has 1 amide bonds. The molecular formula is C11H8ClNO5. The fourth-order valence-electron chi connectivity index (χ4n) is 1.74. The lowest BCUT2D eigenvalue weighted by atomic mass is 10.1. The molecule has 6 nitrogen and oxygen atoms in total. The van der Waals surface area contributed by atoms with Gasteiger partial charge < -0.3 is 9.84 Å². The highest BCUT2D eigenvalue weighted by Crippen LogP contribution is 2.37. The number of carboxylic acids is 1. The van der Waals surface area contributed by atoms with Crippen molar-refractivity contribution in [1.29, 1.82) is 0 Å². The van der Waals surface area contributed by atoms with Crippen LogP contribution in [0.1, 0.15) is 10.4 Å². The number of ether oxygens (including phenoxy) is 1. The SMILES string of the molecule is COc1cc2c(cc1Cl)N(CC(=O)O)C(=O)C2=O. The van der Waals surface area contributed by atoms with Crippen LogP contribution in [0.3, 0.4) is 0 Å². The lowest BCUT2D eigenvalue weighted by Gasteiger charge is -2.14. The van der Waals surface area contributed by atoms with Gasteiger partial charge in [-0.1, -0.05) is 11.6 Å². The van der Waals surface area contributed by atoms with E-state index in [9.17, 15) is 14.4 Å². The zero-order valence-electron chi connectivity index (χ0n) is 9.27. The summed E-state index contributed by atoms with van der Waals surface area (Å²) in [6.45, 7) is -0.583. The molecule has 0 saturated carbocycles. The van der Waals surface area contributed by atoms with Crippen LogP contribution >= 0.6 is 11.6 Å². The number of fused-ring (bicyclic) bond motifs is 1. The van der Waals surface area contributed by atoms with Crippen molar-refractivity contribution < 1.29 is 24.2 Å². The minimum absolute atomic E-state index is 0.0995. The molecule has 0 fully saturated rings. The standard InChI is InChI=1S/C11H8ClNO5/c1-18-8-2-5-7(3-6(8)12)13(4-9(14)15)11(17)10(5)16/h2-3H,4H2,1H3,(H,14,15). The largest absolute Gasteiger partial charge is 0.495 e. The molecule has 0 unspecified atom stereocenters. The van der Waals surface area contributed by atoms with Crippen LogP contribution in [-0.2, 0) is 9.59 Å². The molecule has 0 bridgehead atoms. The molecule has 1 aliphatic heterocycles. The zero-order valence-corrected chi connectivity index (χ0v) is 10.0. The Bertz CT molecular complexity index is 569. The number of carbonyl (C=O) groups excluding carboxylic acids is 2. The second-order valence-electron chi connectivity index (χ2n) is 3.62. The second-order valence-corrected chi connectivity index (χ2v) is 4.03. The zero-order chi connectivity index (χ0) is 13.4. The Morgan fingerprint density at radius 2 is 2.11 bits per heavy atom. The van der Waals surface area contributed by atoms with Gasteiger partial charge >= 0.3 is 5.97 Å². The first-order valence-electron chi connectivity index (χ1n) is 4.91. The van der Waals surface area contributed by atoms with Gasteiger partial charge in [0.25, 0.3) is 11.7 Å². The molecule has 0 radical (unpaired) electrons. The fraction of sp³-hybridized carbons (Fsp3) is 0.182. The van der Waals surface area contributed by atoms with Gasteiger partial charge in [-0.2, -0.15) is 0 Å². The molecule has 0 spiro atoms. The number of rotatable bonds is 3. The monoisotopic (exact) mass is 269 g/mol. The molecule has 94 valence electrons. The number of carboxylic acid groups (broad SMARTS) is 1. The third-order valence-electron chi connectivity index (χ3n) is 2.54. The van der Waals surface area contributed by atoms with E-state index in [0.29, 0.717) is 0 Å². The van der Waals surface area contributed by atoms with E-state index in [0.717, 1.165) is 4.90 Å². The maximum absolute atomic E-state index is 11.7. The van der Waals surface area contributed by atoms with Gasteiger partial charge in [-0.25, -0.2) is 0 Å². The number of Topliss-reactive ketones (excluding diaryl/α,β-unsaturated/α-hetero) is 1. The highest BCUT2D eigenvalue weighted by molar-refractivity contribution is 6.53. The van der Waals surface area contributed by atoms with E-state index in [1.165, 1.54) is 19.2 Å². The van der Waals surface area contributed by atoms with Crippen LogP contribution in [0.15, 0.2) is 12.1 Å². The van der Waals surface area contributed by atoms with E-state index < -0.39 is 24.2 Å². The van der Waals surface area contributed by atoms with Crippen molar-refractivity contribution in [2.45, 2.75) is 0 Å². The van der Waals surface area contributed by atoms with Crippen molar-refractivity contribution in [2.24, 2.45) is 0 Å². The van der Waals surface area contributed by atoms with Gasteiger partial charge in [0.15, 0.2) is 0 Å². The molecule has 1 aliphatic rings. The molecule has 1 N–H and O–H groups in total. The molecule has 2 rings (SSSR count). The molecule has 0 aliphatic carbocycles. The maximum atomic E-state index is 11.7. The molecule has 18 heavy (non-hydrogen) atoms. The summed E-state index contributed by atoms with van der Waals surface area (Å²) in [5.74, 6) is -2.59. The van der Waals surface area contributed by atoms with Gasteiger partial charge in [-0.15, -0.1) is 0 Å². The van der Waals surface area contributed by atoms with Gasteiger partial charge in [0.1, 0.15) is 12.3 Å². The van der Waals surface area contributed by atoms with Gasteiger partial charge in [0.2, 0.25) is 0 Å². The Labute approximate surface area is 107 Å². The van der Waals surface area contributed by atoms with Gasteiger partial charge in [-0.05, 0) is 12.1 Å². The number of amides is 1. The van der Waals surface area contributed by atoms with Crippen molar-refractivity contribution in [1.82, 2.24) is 0 Å². The van der Waals surface area contributed by atoms with Crippen LogP contribution in [-0.4, -0.2) is 36.4 Å². The minimum atomic E-state index is -1.21. The number of halogens is 1. The van der Waals surface area contributed by atoms with Crippen LogP contribution < -0.4 is 9.64 Å². The average molecular weight is 270 g/mol. The molecule has 1 heterocycles. The lowest BCUT2D eigenvalue weighted by Crippen LogP contribution is -2.34. The van der Waals surface area contributed by atoms with E-state index in [-0.39, 0.29) is 22.0 Å². The highest BCUT2D eigenvalue weighted by atomic mass is 35.5. The van der Waals surface area contributed by atoms with Crippen molar-refractivity contribution in [3.8, 4) is 5.75 Å². The number of aliphatic carboxylic acids is 1. The van der Waals surface area contributed by atoms with Crippen LogP contribution in [0.4, 0.5) is 5.69 Å². The number of carbonyl (C=O) groups is 3. The minimum Gasteiger partial charge on any atom is -0.495 e. The molecule has 7 heteroatoms. The maximum Gasteiger partial charge on any atom is 0.323 e. The lowest BCUT2D eigenvalue weighted by molar-refractivity contribution is -0.136. The number of benzene rings is 1. The number of ketones is 1. The number of anilines is 1. The summed E-state index contributed by atoms with van der Waals surface area (Å²) < 4.78 is 4.94. The van der Waals surface area contributed by atoms with Crippen molar-refractivity contribution >= 4 is 34.9 Å². The second kappa shape index (κ2) is 4.30. The first kappa shape index (κ1) is 12.4. The molecule has 1 aromatic carbocycles. The van der Waals surface area contributed by atoms with E-state index in [1.807, 2.05) is 0 Å². The molecule has 1 aromatic rings. The third-order valence-corrected chi connectivity index (χ3v) is 2.83. The normalized spacial score (nSPS) is 13.8. The van der Waals surface area contributed by atoms with E-state index in [2.05, 4.69) is 0 Å². The number of hydrogen-bond donors (Lipinski definition) is 1. The van der Waals surface area contributed by atoms with Gasteiger partial charge in [-0.3, -0.25) is 19.3 Å². The first-order valence-corrected chi connectivity index (χ1v) is 5.29. The average Bonchev–Trinajstić information content (AvgIpc) is 2.53. The Kier molecular flexibility index (Phi) is 2.96. The molecule has 0 saturated heterocycles. The summed E-state index contributed by atoms with van der Waals surface area (Å²) in [5.41, 5.74) is 0.292. The summed E-state index contributed by atoms with van der Waals surface area (Å²) in [6, 6.07) is 2.68. The van der Waals surface area contributed by atoms with Crippen molar-refractivity contribution in [3.63, 3.8) is 0 Å². The van der Waals surface area contributed by atoms with Gasteiger partial charge in [0, 0.05) is 0 Å². The summed E-state index contributed by atoms with van der Waals surface area (Å²) in [4.78, 5) is 34.9.